The largest absolute Gasteiger partial charge is 0.513 e. The highest BCUT2D eigenvalue weighted by molar-refractivity contribution is 6.46. The molecule has 0 aromatic heterocycles. The fourth-order valence-electron chi connectivity index (χ4n) is 4.71. The summed E-state index contributed by atoms with van der Waals surface area (Å²) in [7, 11) is -0.231. The summed E-state index contributed by atoms with van der Waals surface area (Å²) in [5.41, 5.74) is 0.186. The quantitative estimate of drug-likeness (QED) is 0.465. The summed E-state index contributed by atoms with van der Waals surface area (Å²) in [5.74, 6) is 1.32. The average molecular weight is 306 g/mol. The number of hydrogen-bond donors (Lipinski definition) is 2. The summed E-state index contributed by atoms with van der Waals surface area (Å²) >= 11 is 0. The monoisotopic (exact) mass is 306 g/mol. The van der Waals surface area contributed by atoms with Crippen LogP contribution in [0.1, 0.15) is 40.0 Å². The first kappa shape index (κ1) is 16.1. The van der Waals surface area contributed by atoms with Crippen LogP contribution < -0.4 is 0 Å². The predicted octanol–water partition coefficient (Wildman–Crippen LogP) is 3.09. The zero-order valence-electron chi connectivity index (χ0n) is 13.8. The molecule has 0 aromatic rings. The van der Waals surface area contributed by atoms with Crippen molar-refractivity contribution in [1.29, 1.82) is 0 Å². The molecule has 4 nitrogen and oxygen atoms in total. The van der Waals surface area contributed by atoms with Gasteiger partial charge in [0.2, 0.25) is 0 Å². The molecule has 0 amide bonds. The molecule has 122 valence electrons. The number of rotatable bonds is 5. The highest BCUT2D eigenvalue weighted by Crippen LogP contribution is 2.65. The summed E-state index contributed by atoms with van der Waals surface area (Å²) in [6, 6.07) is 0. The zero-order valence-corrected chi connectivity index (χ0v) is 13.8. The van der Waals surface area contributed by atoms with Crippen molar-refractivity contribution in [2.24, 2.45) is 17.3 Å². The Bertz CT molecular complexity index is 489. The van der Waals surface area contributed by atoms with Crippen LogP contribution in [0.3, 0.4) is 0 Å². The van der Waals surface area contributed by atoms with Crippen LogP contribution in [0.25, 0.3) is 0 Å². The Balaban J connectivity index is 1.57. The third-order valence-corrected chi connectivity index (χ3v) is 6.13. The van der Waals surface area contributed by atoms with Gasteiger partial charge in [-0.15, -0.1) is 0 Å². The first-order valence-corrected chi connectivity index (χ1v) is 8.28. The number of aliphatic hydroxyl groups excluding tert-OH is 2. The van der Waals surface area contributed by atoms with E-state index in [4.69, 9.17) is 14.4 Å². The molecule has 1 unspecified atom stereocenters. The lowest BCUT2D eigenvalue weighted by Crippen LogP contribution is -2.65. The fraction of sp³-hybridized carbons (Fsp3) is 0.765. The molecule has 1 saturated heterocycles. The molecule has 3 aliphatic carbocycles. The van der Waals surface area contributed by atoms with Crippen molar-refractivity contribution in [3.05, 3.63) is 24.5 Å². The maximum absolute atomic E-state index is 9.68. The van der Waals surface area contributed by atoms with Gasteiger partial charge in [0.05, 0.1) is 23.6 Å². The van der Waals surface area contributed by atoms with E-state index < -0.39 is 6.10 Å². The second kappa shape index (κ2) is 5.39. The van der Waals surface area contributed by atoms with Gasteiger partial charge in [0, 0.05) is 12.7 Å². The Kier molecular flexibility index (Phi) is 3.95. The van der Waals surface area contributed by atoms with Crippen molar-refractivity contribution < 1.29 is 19.5 Å². The first-order chi connectivity index (χ1) is 10.2. The smallest absolute Gasteiger partial charge is 0.461 e. The van der Waals surface area contributed by atoms with E-state index in [1.807, 2.05) is 6.08 Å². The minimum absolute atomic E-state index is 0.00828. The van der Waals surface area contributed by atoms with Gasteiger partial charge >= 0.3 is 7.12 Å². The van der Waals surface area contributed by atoms with Crippen molar-refractivity contribution in [3.8, 4) is 0 Å². The van der Waals surface area contributed by atoms with E-state index in [1.54, 1.807) is 6.08 Å². The molecular weight excluding hydrogens is 279 g/mol. The highest BCUT2D eigenvalue weighted by Gasteiger charge is 2.67. The van der Waals surface area contributed by atoms with Gasteiger partial charge in [0.1, 0.15) is 0 Å². The Morgan fingerprint density at radius 2 is 2.14 bits per heavy atom. The number of allylic oxidation sites excluding steroid dienone is 1. The van der Waals surface area contributed by atoms with Crippen LogP contribution in [0.2, 0.25) is 6.32 Å². The Morgan fingerprint density at radius 1 is 1.41 bits per heavy atom. The molecule has 5 atom stereocenters. The van der Waals surface area contributed by atoms with Crippen molar-refractivity contribution >= 4 is 7.12 Å². The minimum Gasteiger partial charge on any atom is -0.513 e. The number of hydrogen-bond acceptors (Lipinski definition) is 4. The van der Waals surface area contributed by atoms with E-state index in [0.717, 1.165) is 12.3 Å². The molecule has 0 radical (unpaired) electrons. The molecule has 4 aliphatic rings. The minimum atomic E-state index is -0.705. The second-order valence-corrected chi connectivity index (χ2v) is 7.90. The van der Waals surface area contributed by atoms with E-state index in [-0.39, 0.29) is 31.0 Å². The molecule has 0 aromatic carbocycles. The lowest BCUT2D eigenvalue weighted by atomic mass is 9.43. The molecular formula is C17H27BO4. The Hall–Kier alpha value is -0.775. The lowest BCUT2D eigenvalue weighted by Gasteiger charge is -2.64. The summed E-state index contributed by atoms with van der Waals surface area (Å²) in [5, 5.41) is 18.7. The van der Waals surface area contributed by atoms with Crippen molar-refractivity contribution in [2.45, 2.75) is 64.2 Å². The summed E-state index contributed by atoms with van der Waals surface area (Å²) in [6.07, 6.45) is 6.17. The molecule has 1 aliphatic heterocycles. The van der Waals surface area contributed by atoms with Crippen LogP contribution in [0.15, 0.2) is 24.5 Å². The van der Waals surface area contributed by atoms with E-state index in [0.29, 0.717) is 17.7 Å². The molecule has 4 fully saturated rings. The molecule has 22 heavy (non-hydrogen) atoms. The van der Waals surface area contributed by atoms with Gasteiger partial charge in [0.25, 0.3) is 0 Å². The standard InChI is InChI=1S/C17H27BO4/c1-11(19)8-13(20)6-5-7-18-21-15-10-12-9-14(16(12,2)3)17(15,4)22-18/h5-6,12-15,19-20H,1,7-10H2,2-4H3/b6-5-/t12-,13?,14-,15+,17-/m0/s1. The van der Waals surface area contributed by atoms with Gasteiger partial charge in [-0.05, 0) is 37.0 Å². The van der Waals surface area contributed by atoms with Crippen LogP contribution in [0.5, 0.6) is 0 Å². The van der Waals surface area contributed by atoms with Crippen molar-refractivity contribution in [2.75, 3.05) is 0 Å². The van der Waals surface area contributed by atoms with Crippen LogP contribution in [0.4, 0.5) is 0 Å². The second-order valence-electron chi connectivity index (χ2n) is 7.90. The van der Waals surface area contributed by atoms with Gasteiger partial charge in [-0.25, -0.2) is 0 Å². The summed E-state index contributed by atoms with van der Waals surface area (Å²) in [4.78, 5) is 0. The van der Waals surface area contributed by atoms with E-state index in [9.17, 15) is 5.11 Å². The van der Waals surface area contributed by atoms with Crippen molar-refractivity contribution in [1.82, 2.24) is 0 Å². The van der Waals surface area contributed by atoms with E-state index >= 15 is 0 Å². The topological polar surface area (TPSA) is 58.9 Å². The van der Waals surface area contributed by atoms with E-state index in [1.165, 1.54) is 6.42 Å². The lowest BCUT2D eigenvalue weighted by molar-refractivity contribution is -0.199. The van der Waals surface area contributed by atoms with Crippen molar-refractivity contribution in [3.63, 3.8) is 0 Å². The predicted molar refractivity (Wildman–Crippen MR) is 86.5 cm³/mol. The SMILES string of the molecule is C=C(O)CC(O)/C=C\CB1O[C@@H]2C[C@@H]3C[C@@H](C3(C)C)[C@]2(C)O1. The maximum atomic E-state index is 9.68. The summed E-state index contributed by atoms with van der Waals surface area (Å²) < 4.78 is 12.4. The average Bonchev–Trinajstić information content (AvgIpc) is 2.73. The van der Waals surface area contributed by atoms with Gasteiger partial charge in [-0.1, -0.05) is 32.6 Å². The van der Waals surface area contributed by atoms with Gasteiger partial charge in [-0.3, -0.25) is 0 Å². The van der Waals surface area contributed by atoms with Gasteiger partial charge in [0.15, 0.2) is 0 Å². The molecule has 2 bridgehead atoms. The third kappa shape index (κ3) is 2.53. The van der Waals surface area contributed by atoms with E-state index in [2.05, 4.69) is 27.4 Å². The van der Waals surface area contributed by atoms with Crippen LogP contribution in [-0.2, 0) is 9.31 Å². The molecule has 1 heterocycles. The molecule has 4 rings (SSSR count). The zero-order chi connectivity index (χ0) is 16.1. The first-order valence-electron chi connectivity index (χ1n) is 8.28. The van der Waals surface area contributed by atoms with Crippen LogP contribution >= 0.6 is 0 Å². The third-order valence-electron chi connectivity index (χ3n) is 6.13. The van der Waals surface area contributed by atoms with Gasteiger partial charge < -0.3 is 19.5 Å². The Labute approximate surface area is 133 Å². The highest BCUT2D eigenvalue weighted by atomic mass is 16.7. The van der Waals surface area contributed by atoms with Crippen LogP contribution in [0, 0.1) is 17.3 Å². The molecule has 3 saturated carbocycles. The maximum Gasteiger partial charge on any atom is 0.461 e. The molecule has 2 N–H and O–H groups in total. The Morgan fingerprint density at radius 3 is 2.77 bits per heavy atom. The normalized spacial score (nSPS) is 40.4. The number of aliphatic hydroxyl groups is 2. The van der Waals surface area contributed by atoms with Gasteiger partial charge in [-0.2, -0.15) is 0 Å². The molecule has 0 spiro atoms. The molecule has 5 heteroatoms. The van der Waals surface area contributed by atoms with Crippen LogP contribution in [-0.4, -0.2) is 35.1 Å². The fourth-order valence-corrected chi connectivity index (χ4v) is 4.71. The summed E-state index contributed by atoms with van der Waals surface area (Å²) in [6.45, 7) is 10.3.